The van der Waals surface area contributed by atoms with Crippen LogP contribution in [0.15, 0.2) is 12.1 Å². The average Bonchev–Trinajstić information content (AvgIpc) is 2.35. The summed E-state index contributed by atoms with van der Waals surface area (Å²) in [4.78, 5) is 2.09. The van der Waals surface area contributed by atoms with Crippen molar-refractivity contribution in [3.8, 4) is 0 Å². The number of benzene rings is 1. The van der Waals surface area contributed by atoms with E-state index in [1.807, 2.05) is 7.05 Å². The molecule has 0 amide bonds. The van der Waals surface area contributed by atoms with Gasteiger partial charge < -0.3 is 10.6 Å². The molecule has 18 heavy (non-hydrogen) atoms. The summed E-state index contributed by atoms with van der Waals surface area (Å²) in [6.45, 7) is 0.964. The Kier molecular flexibility index (Phi) is 4.33. The van der Waals surface area contributed by atoms with Crippen molar-refractivity contribution in [2.45, 2.75) is 32.1 Å². The number of hydrogen-bond acceptors (Lipinski definition) is 2. The van der Waals surface area contributed by atoms with Gasteiger partial charge in [-0.15, -0.1) is 0 Å². The third-order valence-corrected chi connectivity index (χ3v) is 4.03. The highest BCUT2D eigenvalue weighted by Gasteiger charge is 2.17. The monoisotopic (exact) mass is 270 g/mol. The predicted molar refractivity (Wildman–Crippen MR) is 75.7 cm³/mol. The number of rotatable bonds is 3. The van der Waals surface area contributed by atoms with Gasteiger partial charge in [-0.2, -0.15) is 0 Å². The Balaban J connectivity index is 2.08. The van der Waals surface area contributed by atoms with Crippen LogP contribution in [0.25, 0.3) is 0 Å². The zero-order valence-corrected chi connectivity index (χ0v) is 11.5. The highest BCUT2D eigenvalue weighted by atomic mass is 35.5. The highest BCUT2D eigenvalue weighted by molar-refractivity contribution is 6.31. The van der Waals surface area contributed by atoms with Crippen LogP contribution in [0.1, 0.15) is 32.1 Å². The third kappa shape index (κ3) is 3.08. The molecule has 0 aliphatic heterocycles. The van der Waals surface area contributed by atoms with Gasteiger partial charge in [-0.25, -0.2) is 4.39 Å². The van der Waals surface area contributed by atoms with E-state index < -0.39 is 5.82 Å². The molecule has 0 aromatic heterocycles. The van der Waals surface area contributed by atoms with E-state index in [1.165, 1.54) is 38.2 Å². The first-order chi connectivity index (χ1) is 8.58. The average molecular weight is 271 g/mol. The van der Waals surface area contributed by atoms with Crippen molar-refractivity contribution in [3.63, 3.8) is 0 Å². The van der Waals surface area contributed by atoms with Gasteiger partial charge in [0, 0.05) is 19.7 Å². The Labute approximate surface area is 113 Å². The fourth-order valence-corrected chi connectivity index (χ4v) is 2.90. The SMILES string of the molecule is CN(CC1CCCCC1)c1cc(Cl)c(F)cc1N. The zero-order valence-electron chi connectivity index (χ0n) is 10.8. The molecule has 0 bridgehead atoms. The van der Waals surface area contributed by atoms with Crippen molar-refractivity contribution in [3.05, 3.63) is 23.0 Å². The molecule has 0 saturated heterocycles. The van der Waals surface area contributed by atoms with Gasteiger partial charge in [0.2, 0.25) is 0 Å². The topological polar surface area (TPSA) is 29.3 Å². The number of hydrogen-bond donors (Lipinski definition) is 1. The molecule has 2 nitrogen and oxygen atoms in total. The lowest BCUT2D eigenvalue weighted by molar-refractivity contribution is 0.362. The van der Waals surface area contributed by atoms with Crippen LogP contribution >= 0.6 is 11.6 Å². The summed E-state index contributed by atoms with van der Waals surface area (Å²) in [5, 5.41) is 0.134. The first kappa shape index (κ1) is 13.5. The number of nitrogens with zero attached hydrogens (tertiary/aromatic N) is 1. The smallest absolute Gasteiger partial charge is 0.143 e. The molecular formula is C14H20ClFN2. The molecule has 0 unspecified atom stereocenters. The maximum atomic E-state index is 13.3. The van der Waals surface area contributed by atoms with Gasteiger partial charge in [0.05, 0.1) is 16.4 Å². The summed E-state index contributed by atoms with van der Waals surface area (Å²) < 4.78 is 13.3. The van der Waals surface area contributed by atoms with E-state index in [9.17, 15) is 4.39 Å². The lowest BCUT2D eigenvalue weighted by Crippen LogP contribution is -2.27. The summed E-state index contributed by atoms with van der Waals surface area (Å²) in [5.41, 5.74) is 7.14. The van der Waals surface area contributed by atoms with Crippen LogP contribution in [0.5, 0.6) is 0 Å². The lowest BCUT2D eigenvalue weighted by Gasteiger charge is -2.29. The van der Waals surface area contributed by atoms with Crippen LogP contribution in [-0.4, -0.2) is 13.6 Å². The van der Waals surface area contributed by atoms with E-state index >= 15 is 0 Å². The summed E-state index contributed by atoms with van der Waals surface area (Å²) in [6, 6.07) is 2.92. The minimum atomic E-state index is -0.455. The van der Waals surface area contributed by atoms with Crippen molar-refractivity contribution >= 4 is 23.0 Å². The van der Waals surface area contributed by atoms with Crippen LogP contribution in [0.4, 0.5) is 15.8 Å². The highest BCUT2D eigenvalue weighted by Crippen LogP contribution is 2.31. The van der Waals surface area contributed by atoms with Crippen molar-refractivity contribution < 1.29 is 4.39 Å². The van der Waals surface area contributed by atoms with Crippen LogP contribution in [0.3, 0.4) is 0 Å². The molecule has 1 fully saturated rings. The van der Waals surface area contributed by atoms with E-state index in [2.05, 4.69) is 4.90 Å². The zero-order chi connectivity index (χ0) is 13.1. The van der Waals surface area contributed by atoms with Gasteiger partial charge in [0.15, 0.2) is 0 Å². The minimum absolute atomic E-state index is 0.134. The van der Waals surface area contributed by atoms with E-state index in [0.29, 0.717) is 11.6 Å². The summed E-state index contributed by atoms with van der Waals surface area (Å²) in [6.07, 6.45) is 6.54. The van der Waals surface area contributed by atoms with Crippen molar-refractivity contribution in [1.82, 2.24) is 0 Å². The van der Waals surface area contributed by atoms with Crippen LogP contribution in [0.2, 0.25) is 5.02 Å². The van der Waals surface area contributed by atoms with E-state index in [1.54, 1.807) is 6.07 Å². The second kappa shape index (κ2) is 5.79. The lowest BCUT2D eigenvalue weighted by atomic mass is 9.89. The second-order valence-electron chi connectivity index (χ2n) is 5.21. The number of nitrogen functional groups attached to an aromatic ring is 1. The molecule has 1 saturated carbocycles. The molecule has 1 aliphatic carbocycles. The van der Waals surface area contributed by atoms with E-state index in [-0.39, 0.29) is 5.02 Å². The number of halogens is 2. The van der Waals surface area contributed by atoms with E-state index in [0.717, 1.165) is 12.2 Å². The molecule has 1 aliphatic rings. The Hall–Kier alpha value is -0.960. The Bertz CT molecular complexity index is 417. The molecule has 4 heteroatoms. The maximum Gasteiger partial charge on any atom is 0.143 e. The van der Waals surface area contributed by atoms with Gasteiger partial charge in [-0.3, -0.25) is 0 Å². The normalized spacial score (nSPS) is 16.8. The predicted octanol–water partition coefficient (Wildman–Crippen LogP) is 4.08. The first-order valence-electron chi connectivity index (χ1n) is 6.53. The summed E-state index contributed by atoms with van der Waals surface area (Å²) >= 11 is 5.82. The minimum Gasteiger partial charge on any atom is -0.397 e. The molecule has 0 heterocycles. The largest absolute Gasteiger partial charge is 0.397 e. The Morgan fingerprint density at radius 1 is 1.33 bits per heavy atom. The standard InChI is InChI=1S/C14H20ClFN2/c1-18(9-10-5-3-2-4-6-10)14-7-11(15)12(16)8-13(14)17/h7-8,10H,2-6,9,17H2,1H3. The Morgan fingerprint density at radius 3 is 2.67 bits per heavy atom. The summed E-state index contributed by atoms with van der Waals surface area (Å²) in [7, 11) is 1.99. The molecule has 2 N–H and O–H groups in total. The quantitative estimate of drug-likeness (QED) is 0.839. The molecule has 0 atom stereocenters. The van der Waals surface area contributed by atoms with Gasteiger partial charge in [-0.1, -0.05) is 30.9 Å². The van der Waals surface area contributed by atoms with Gasteiger partial charge >= 0.3 is 0 Å². The molecular weight excluding hydrogens is 251 g/mol. The van der Waals surface area contributed by atoms with Gasteiger partial charge in [0.1, 0.15) is 5.82 Å². The van der Waals surface area contributed by atoms with Crippen LogP contribution in [0, 0.1) is 11.7 Å². The second-order valence-corrected chi connectivity index (χ2v) is 5.62. The van der Waals surface area contributed by atoms with Gasteiger partial charge in [-0.05, 0) is 24.8 Å². The van der Waals surface area contributed by atoms with Crippen molar-refractivity contribution in [2.24, 2.45) is 5.92 Å². The molecule has 1 aromatic carbocycles. The summed E-state index contributed by atoms with van der Waals surface area (Å²) in [5.74, 6) is 0.260. The molecule has 100 valence electrons. The maximum absolute atomic E-state index is 13.3. The van der Waals surface area contributed by atoms with Crippen molar-refractivity contribution in [1.29, 1.82) is 0 Å². The number of anilines is 2. The van der Waals surface area contributed by atoms with E-state index in [4.69, 9.17) is 17.3 Å². The van der Waals surface area contributed by atoms with Crippen molar-refractivity contribution in [2.75, 3.05) is 24.2 Å². The molecule has 0 spiro atoms. The molecule has 2 rings (SSSR count). The van der Waals surface area contributed by atoms with Crippen LogP contribution in [-0.2, 0) is 0 Å². The third-order valence-electron chi connectivity index (χ3n) is 3.74. The first-order valence-corrected chi connectivity index (χ1v) is 6.91. The fraction of sp³-hybridized carbons (Fsp3) is 0.571. The number of nitrogens with two attached hydrogens (primary N) is 1. The molecule has 1 aromatic rings. The Morgan fingerprint density at radius 2 is 2.00 bits per heavy atom. The van der Waals surface area contributed by atoms with Crippen LogP contribution < -0.4 is 10.6 Å². The van der Waals surface area contributed by atoms with Gasteiger partial charge in [0.25, 0.3) is 0 Å². The molecule has 0 radical (unpaired) electrons. The fourth-order valence-electron chi connectivity index (χ4n) is 2.74.